The van der Waals surface area contributed by atoms with Gasteiger partial charge in [0, 0.05) is 23.7 Å². The smallest absolute Gasteiger partial charge is 0.253 e. The number of hydrogen-bond acceptors (Lipinski definition) is 4. The van der Waals surface area contributed by atoms with E-state index in [2.05, 4.69) is 17.2 Å². The fraction of sp³-hybridized carbons (Fsp3) is 0.474. The molecular weight excluding hydrogens is 304 g/mol. The second kappa shape index (κ2) is 6.30. The Morgan fingerprint density at radius 2 is 1.79 bits per heavy atom. The van der Waals surface area contributed by atoms with Crippen molar-refractivity contribution >= 4 is 16.8 Å². The first kappa shape index (κ1) is 15.2. The van der Waals surface area contributed by atoms with Crippen molar-refractivity contribution in [2.45, 2.75) is 38.6 Å². The summed E-state index contributed by atoms with van der Waals surface area (Å²) in [7, 11) is 0. The van der Waals surface area contributed by atoms with Crippen LogP contribution < -0.4 is 14.8 Å². The third kappa shape index (κ3) is 3.03. The predicted octanol–water partition coefficient (Wildman–Crippen LogP) is 3.31. The van der Waals surface area contributed by atoms with Crippen LogP contribution in [0.25, 0.3) is 10.9 Å². The zero-order chi connectivity index (χ0) is 16.5. The zero-order valence-corrected chi connectivity index (χ0v) is 13.9. The molecule has 0 radical (unpaired) electrons. The lowest BCUT2D eigenvalue weighted by Gasteiger charge is -2.26. The molecule has 1 fully saturated rings. The zero-order valence-electron chi connectivity index (χ0n) is 13.9. The molecule has 4 rings (SSSR count). The van der Waals surface area contributed by atoms with E-state index in [4.69, 9.17) is 9.47 Å². The van der Waals surface area contributed by atoms with E-state index in [1.165, 1.54) is 12.8 Å². The summed E-state index contributed by atoms with van der Waals surface area (Å²) >= 11 is 0. The fourth-order valence-corrected chi connectivity index (χ4v) is 3.46. The maximum Gasteiger partial charge on any atom is 0.253 e. The van der Waals surface area contributed by atoms with Crippen molar-refractivity contribution in [3.63, 3.8) is 0 Å². The van der Waals surface area contributed by atoms with Crippen LogP contribution in [0.3, 0.4) is 0 Å². The minimum absolute atomic E-state index is 0.0427. The van der Waals surface area contributed by atoms with Crippen LogP contribution in [-0.2, 0) is 0 Å². The summed E-state index contributed by atoms with van der Waals surface area (Å²) in [6, 6.07) is 5.93. The minimum atomic E-state index is -0.0427. The molecule has 0 spiro atoms. The largest absolute Gasteiger partial charge is 0.486 e. The molecule has 126 valence electrons. The van der Waals surface area contributed by atoms with E-state index in [1.807, 2.05) is 18.2 Å². The molecule has 1 aromatic heterocycles. The van der Waals surface area contributed by atoms with Gasteiger partial charge in [-0.25, -0.2) is 0 Å². The van der Waals surface area contributed by atoms with Crippen LogP contribution in [0.15, 0.2) is 24.4 Å². The monoisotopic (exact) mass is 326 g/mol. The first-order valence-corrected chi connectivity index (χ1v) is 8.69. The van der Waals surface area contributed by atoms with Gasteiger partial charge >= 0.3 is 0 Å². The van der Waals surface area contributed by atoms with Gasteiger partial charge in [0.05, 0.1) is 11.1 Å². The SMILES string of the molecule is C[C@H]1CC[C@H](NC(=O)c2cnc3cc4c(cc3c2)OCCO4)CC1. The summed E-state index contributed by atoms with van der Waals surface area (Å²) in [6.07, 6.45) is 6.13. The van der Waals surface area contributed by atoms with Crippen molar-refractivity contribution in [3.05, 3.63) is 30.0 Å². The standard InChI is InChI=1S/C19H22N2O3/c1-12-2-4-15(5-3-12)21-19(22)14-8-13-9-17-18(24-7-6-23-17)10-16(13)20-11-14/h8-12,15H,2-7H2,1H3,(H,21,22)/t12-,15-. The second-order valence-electron chi connectivity index (χ2n) is 6.84. The fourth-order valence-electron chi connectivity index (χ4n) is 3.46. The van der Waals surface area contributed by atoms with E-state index in [9.17, 15) is 4.79 Å². The van der Waals surface area contributed by atoms with Gasteiger partial charge in [-0.05, 0) is 43.7 Å². The average molecular weight is 326 g/mol. The van der Waals surface area contributed by atoms with E-state index < -0.39 is 0 Å². The number of amides is 1. The third-order valence-electron chi connectivity index (χ3n) is 4.96. The van der Waals surface area contributed by atoms with Gasteiger partial charge in [0.2, 0.25) is 0 Å². The molecule has 0 bridgehead atoms. The molecule has 1 aliphatic carbocycles. The lowest BCUT2D eigenvalue weighted by Crippen LogP contribution is -2.37. The van der Waals surface area contributed by atoms with E-state index >= 15 is 0 Å². The van der Waals surface area contributed by atoms with Gasteiger partial charge in [0.15, 0.2) is 11.5 Å². The third-order valence-corrected chi connectivity index (χ3v) is 4.96. The number of fused-ring (bicyclic) bond motifs is 2. The highest BCUT2D eigenvalue weighted by atomic mass is 16.6. The molecule has 0 unspecified atom stereocenters. The van der Waals surface area contributed by atoms with Gasteiger partial charge in [-0.15, -0.1) is 0 Å². The molecule has 2 aromatic rings. The molecule has 1 N–H and O–H groups in total. The summed E-state index contributed by atoms with van der Waals surface area (Å²) in [5.41, 5.74) is 1.40. The highest BCUT2D eigenvalue weighted by Crippen LogP contribution is 2.34. The molecular formula is C19H22N2O3. The highest BCUT2D eigenvalue weighted by Gasteiger charge is 2.21. The average Bonchev–Trinajstić information content (AvgIpc) is 2.61. The Balaban J connectivity index is 1.54. The van der Waals surface area contributed by atoms with E-state index in [0.29, 0.717) is 18.8 Å². The summed E-state index contributed by atoms with van der Waals surface area (Å²) in [6.45, 7) is 3.38. The van der Waals surface area contributed by atoms with E-state index in [-0.39, 0.29) is 11.9 Å². The van der Waals surface area contributed by atoms with Crippen LogP contribution in [0, 0.1) is 5.92 Å². The Hall–Kier alpha value is -2.30. The Morgan fingerprint density at radius 3 is 2.54 bits per heavy atom. The number of carbonyl (C=O) groups is 1. The lowest BCUT2D eigenvalue weighted by atomic mass is 9.87. The maximum absolute atomic E-state index is 12.5. The quantitative estimate of drug-likeness (QED) is 0.920. The number of pyridine rings is 1. The summed E-state index contributed by atoms with van der Waals surface area (Å²) in [5, 5.41) is 4.04. The normalized spacial score (nSPS) is 23.0. The Bertz CT molecular complexity index is 767. The van der Waals surface area contributed by atoms with Crippen molar-refractivity contribution in [3.8, 4) is 11.5 Å². The van der Waals surface area contributed by atoms with Gasteiger partial charge in [-0.2, -0.15) is 0 Å². The number of ether oxygens (including phenoxy) is 2. The summed E-state index contributed by atoms with van der Waals surface area (Å²) in [5.74, 6) is 2.16. The number of nitrogens with one attached hydrogen (secondary N) is 1. The van der Waals surface area contributed by atoms with Gasteiger partial charge in [0.25, 0.3) is 5.91 Å². The van der Waals surface area contributed by atoms with Crippen LogP contribution in [0.2, 0.25) is 0 Å². The summed E-state index contributed by atoms with van der Waals surface area (Å²) < 4.78 is 11.2. The Labute approximate surface area is 141 Å². The highest BCUT2D eigenvalue weighted by molar-refractivity contribution is 5.97. The number of carbonyl (C=O) groups excluding carboxylic acids is 1. The molecule has 5 nitrogen and oxygen atoms in total. The Morgan fingerprint density at radius 1 is 1.08 bits per heavy atom. The first-order valence-electron chi connectivity index (χ1n) is 8.69. The van der Waals surface area contributed by atoms with Gasteiger partial charge in [0.1, 0.15) is 13.2 Å². The van der Waals surface area contributed by atoms with Crippen LogP contribution in [0.1, 0.15) is 43.0 Å². The molecule has 0 saturated heterocycles. The second-order valence-corrected chi connectivity index (χ2v) is 6.84. The van der Waals surface area contributed by atoms with Crippen molar-refractivity contribution in [2.75, 3.05) is 13.2 Å². The number of rotatable bonds is 2. The van der Waals surface area contributed by atoms with Crippen molar-refractivity contribution in [1.82, 2.24) is 10.3 Å². The number of aromatic nitrogens is 1. The minimum Gasteiger partial charge on any atom is -0.486 e. The molecule has 2 heterocycles. The van der Waals surface area contributed by atoms with Crippen molar-refractivity contribution < 1.29 is 14.3 Å². The van der Waals surface area contributed by atoms with Crippen LogP contribution in [-0.4, -0.2) is 30.1 Å². The van der Waals surface area contributed by atoms with Gasteiger partial charge in [-0.3, -0.25) is 9.78 Å². The molecule has 1 aliphatic heterocycles. The number of nitrogens with zero attached hydrogens (tertiary/aromatic N) is 1. The molecule has 5 heteroatoms. The van der Waals surface area contributed by atoms with Crippen LogP contribution >= 0.6 is 0 Å². The molecule has 0 atom stereocenters. The maximum atomic E-state index is 12.5. The Kier molecular flexibility index (Phi) is 4.00. The lowest BCUT2D eigenvalue weighted by molar-refractivity contribution is 0.0923. The molecule has 1 amide bonds. The first-order chi connectivity index (χ1) is 11.7. The van der Waals surface area contributed by atoms with Gasteiger partial charge in [-0.1, -0.05) is 6.92 Å². The van der Waals surface area contributed by atoms with Crippen molar-refractivity contribution in [1.29, 1.82) is 0 Å². The number of benzene rings is 1. The van der Waals surface area contributed by atoms with Crippen LogP contribution in [0.4, 0.5) is 0 Å². The van der Waals surface area contributed by atoms with E-state index in [0.717, 1.165) is 41.2 Å². The van der Waals surface area contributed by atoms with Gasteiger partial charge < -0.3 is 14.8 Å². The number of hydrogen-bond donors (Lipinski definition) is 1. The molecule has 24 heavy (non-hydrogen) atoms. The molecule has 1 aromatic carbocycles. The van der Waals surface area contributed by atoms with Crippen molar-refractivity contribution in [2.24, 2.45) is 5.92 Å². The van der Waals surface area contributed by atoms with Crippen LogP contribution in [0.5, 0.6) is 11.5 Å². The summed E-state index contributed by atoms with van der Waals surface area (Å²) in [4.78, 5) is 16.9. The molecule has 1 saturated carbocycles. The van der Waals surface area contributed by atoms with E-state index in [1.54, 1.807) is 6.20 Å². The topological polar surface area (TPSA) is 60.5 Å². The molecule has 2 aliphatic rings. The predicted molar refractivity (Wildman–Crippen MR) is 91.6 cm³/mol.